The van der Waals surface area contributed by atoms with Gasteiger partial charge in [-0.3, -0.25) is 4.79 Å². The van der Waals surface area contributed by atoms with Crippen LogP contribution >= 0.6 is 11.3 Å². The van der Waals surface area contributed by atoms with Crippen molar-refractivity contribution in [3.05, 3.63) is 57.0 Å². The van der Waals surface area contributed by atoms with Crippen LogP contribution in [0.5, 0.6) is 0 Å². The van der Waals surface area contributed by atoms with E-state index in [1.807, 2.05) is 6.07 Å². The largest absolute Gasteiger partial charge is 0.337 e. The summed E-state index contributed by atoms with van der Waals surface area (Å²) in [6, 6.07) is 8.32. The van der Waals surface area contributed by atoms with Crippen molar-refractivity contribution in [2.75, 3.05) is 7.05 Å². The highest BCUT2D eigenvalue weighted by molar-refractivity contribution is 7.14. The molecule has 104 valence electrons. The molecule has 0 fully saturated rings. The first kappa shape index (κ1) is 13.3. The average molecular weight is 289 g/mol. The van der Waals surface area contributed by atoms with Crippen molar-refractivity contribution in [1.82, 2.24) is 4.90 Å². The average Bonchev–Trinajstić information content (AvgIpc) is 3.01. The van der Waals surface area contributed by atoms with Gasteiger partial charge in [0.05, 0.1) is 4.88 Å². The van der Waals surface area contributed by atoms with E-state index in [0.717, 1.165) is 23.3 Å². The van der Waals surface area contributed by atoms with E-state index in [1.54, 1.807) is 35.4 Å². The minimum absolute atomic E-state index is 0.0497. The topological polar surface area (TPSA) is 20.3 Å². The van der Waals surface area contributed by atoms with Crippen molar-refractivity contribution in [3.8, 4) is 0 Å². The summed E-state index contributed by atoms with van der Waals surface area (Å²) in [6.45, 7) is 0.502. The molecular formula is C16H16FNOS. The molecule has 0 bridgehead atoms. The molecule has 4 heteroatoms. The highest BCUT2D eigenvalue weighted by Gasteiger charge is 2.20. The van der Waals surface area contributed by atoms with E-state index in [0.29, 0.717) is 6.54 Å². The van der Waals surface area contributed by atoms with Crippen molar-refractivity contribution >= 4 is 17.2 Å². The molecule has 1 amide bonds. The second kappa shape index (κ2) is 5.37. The molecule has 1 aliphatic rings. The van der Waals surface area contributed by atoms with Crippen molar-refractivity contribution in [2.24, 2.45) is 0 Å². The van der Waals surface area contributed by atoms with Gasteiger partial charge in [-0.1, -0.05) is 12.1 Å². The molecule has 20 heavy (non-hydrogen) atoms. The maximum absolute atomic E-state index is 12.9. The minimum Gasteiger partial charge on any atom is -0.337 e. The zero-order valence-corrected chi connectivity index (χ0v) is 12.2. The molecule has 0 saturated carbocycles. The van der Waals surface area contributed by atoms with Gasteiger partial charge in [0.2, 0.25) is 0 Å². The zero-order chi connectivity index (χ0) is 14.1. The number of carbonyl (C=O) groups is 1. The Labute approximate surface area is 121 Å². The first-order valence-electron chi connectivity index (χ1n) is 6.75. The molecule has 1 heterocycles. The molecule has 0 aliphatic heterocycles. The molecule has 3 rings (SSSR count). The van der Waals surface area contributed by atoms with Gasteiger partial charge in [0.1, 0.15) is 5.82 Å². The van der Waals surface area contributed by atoms with E-state index in [-0.39, 0.29) is 11.7 Å². The van der Waals surface area contributed by atoms with Crippen LogP contribution in [0.15, 0.2) is 30.3 Å². The van der Waals surface area contributed by atoms with Crippen LogP contribution in [0.4, 0.5) is 4.39 Å². The quantitative estimate of drug-likeness (QED) is 0.844. The maximum Gasteiger partial charge on any atom is 0.263 e. The lowest BCUT2D eigenvalue weighted by Gasteiger charge is -2.16. The number of hydrogen-bond donors (Lipinski definition) is 0. The van der Waals surface area contributed by atoms with Crippen LogP contribution in [0.2, 0.25) is 0 Å². The van der Waals surface area contributed by atoms with Gasteiger partial charge in [0.15, 0.2) is 0 Å². The van der Waals surface area contributed by atoms with Crippen LogP contribution in [0.1, 0.15) is 32.1 Å². The number of fused-ring (bicyclic) bond motifs is 1. The van der Waals surface area contributed by atoms with Crippen LogP contribution in [0.25, 0.3) is 0 Å². The highest BCUT2D eigenvalue weighted by atomic mass is 32.1. The third kappa shape index (κ3) is 2.61. The first-order valence-corrected chi connectivity index (χ1v) is 7.56. The summed E-state index contributed by atoms with van der Waals surface area (Å²) in [5, 5.41) is 0. The molecule has 2 nitrogen and oxygen atoms in total. The lowest BCUT2D eigenvalue weighted by atomic mass is 10.2. The molecule has 1 aromatic carbocycles. The lowest BCUT2D eigenvalue weighted by Crippen LogP contribution is -2.25. The van der Waals surface area contributed by atoms with E-state index in [9.17, 15) is 9.18 Å². The van der Waals surface area contributed by atoms with Crippen LogP contribution in [-0.4, -0.2) is 17.9 Å². The summed E-state index contributed by atoms with van der Waals surface area (Å²) in [6.07, 6.45) is 3.41. The molecule has 0 N–H and O–H groups in total. The molecule has 1 aliphatic carbocycles. The first-order chi connectivity index (χ1) is 9.63. The summed E-state index contributed by atoms with van der Waals surface area (Å²) in [7, 11) is 1.79. The van der Waals surface area contributed by atoms with Crippen molar-refractivity contribution < 1.29 is 9.18 Å². The van der Waals surface area contributed by atoms with E-state index in [4.69, 9.17) is 0 Å². The Bertz CT molecular complexity index is 611. The standard InChI is InChI=1S/C16H16FNOS/c1-18(10-11-5-7-13(17)8-6-11)16(19)15-9-12-3-2-4-14(12)20-15/h5-9H,2-4,10H2,1H3. The second-order valence-corrected chi connectivity index (χ2v) is 6.34. The molecule has 1 aromatic heterocycles. The van der Waals surface area contributed by atoms with Gasteiger partial charge in [-0.15, -0.1) is 11.3 Å². The number of carbonyl (C=O) groups excluding carboxylic acids is 1. The third-order valence-corrected chi connectivity index (χ3v) is 4.86. The fourth-order valence-corrected chi connectivity index (χ4v) is 3.81. The Morgan fingerprint density at radius 3 is 2.75 bits per heavy atom. The van der Waals surface area contributed by atoms with Gasteiger partial charge < -0.3 is 4.90 Å². The van der Waals surface area contributed by atoms with Gasteiger partial charge in [-0.05, 0) is 48.6 Å². The summed E-state index contributed by atoms with van der Waals surface area (Å²) >= 11 is 1.62. The van der Waals surface area contributed by atoms with Crippen molar-refractivity contribution in [2.45, 2.75) is 25.8 Å². The van der Waals surface area contributed by atoms with Gasteiger partial charge in [-0.2, -0.15) is 0 Å². The summed E-state index contributed by atoms with van der Waals surface area (Å²) in [5.41, 5.74) is 2.28. The van der Waals surface area contributed by atoms with E-state index in [1.165, 1.54) is 29.0 Å². The molecule has 0 radical (unpaired) electrons. The van der Waals surface area contributed by atoms with Crippen LogP contribution in [-0.2, 0) is 19.4 Å². The van der Waals surface area contributed by atoms with Crippen LogP contribution in [0.3, 0.4) is 0 Å². The number of rotatable bonds is 3. The summed E-state index contributed by atoms with van der Waals surface area (Å²) < 4.78 is 12.9. The lowest BCUT2D eigenvalue weighted by molar-refractivity contribution is 0.0790. The number of thiophene rings is 1. The summed E-state index contributed by atoms with van der Waals surface area (Å²) in [4.78, 5) is 16.3. The Hall–Kier alpha value is -1.68. The molecular weight excluding hydrogens is 273 g/mol. The van der Waals surface area contributed by atoms with Gasteiger partial charge >= 0.3 is 0 Å². The number of nitrogens with zero attached hydrogens (tertiary/aromatic N) is 1. The van der Waals surface area contributed by atoms with Crippen LogP contribution in [0, 0.1) is 5.82 Å². The summed E-state index contributed by atoms with van der Waals surface area (Å²) in [5.74, 6) is -0.203. The number of hydrogen-bond acceptors (Lipinski definition) is 2. The van der Waals surface area contributed by atoms with Gasteiger partial charge in [0.25, 0.3) is 5.91 Å². The van der Waals surface area contributed by atoms with E-state index >= 15 is 0 Å². The Balaban J connectivity index is 1.71. The fraction of sp³-hybridized carbons (Fsp3) is 0.312. The van der Waals surface area contributed by atoms with Crippen molar-refractivity contribution in [1.29, 1.82) is 0 Å². The maximum atomic E-state index is 12.9. The number of benzene rings is 1. The number of aryl methyl sites for hydroxylation is 2. The van der Waals surface area contributed by atoms with Crippen LogP contribution < -0.4 is 0 Å². The molecule has 0 unspecified atom stereocenters. The molecule has 2 aromatic rings. The van der Waals surface area contributed by atoms with Gasteiger partial charge in [0, 0.05) is 18.5 Å². The fourth-order valence-electron chi connectivity index (χ4n) is 2.56. The van der Waals surface area contributed by atoms with E-state index in [2.05, 4.69) is 0 Å². The van der Waals surface area contributed by atoms with Gasteiger partial charge in [-0.25, -0.2) is 4.39 Å². The number of amides is 1. The van der Waals surface area contributed by atoms with E-state index < -0.39 is 0 Å². The number of halogens is 1. The third-order valence-electron chi connectivity index (χ3n) is 3.64. The minimum atomic E-state index is -0.252. The predicted molar refractivity (Wildman–Crippen MR) is 78.5 cm³/mol. The highest BCUT2D eigenvalue weighted by Crippen LogP contribution is 2.31. The molecule has 0 saturated heterocycles. The van der Waals surface area contributed by atoms with Crippen molar-refractivity contribution in [3.63, 3.8) is 0 Å². The normalized spacial score (nSPS) is 13.3. The Morgan fingerprint density at radius 1 is 1.30 bits per heavy atom. The molecule has 0 spiro atoms. The Kier molecular flexibility index (Phi) is 3.57. The SMILES string of the molecule is CN(Cc1ccc(F)cc1)C(=O)c1cc2c(s1)CCC2. The zero-order valence-electron chi connectivity index (χ0n) is 11.4. The molecule has 0 atom stereocenters. The second-order valence-electron chi connectivity index (χ2n) is 5.20. The smallest absolute Gasteiger partial charge is 0.263 e. The Morgan fingerprint density at radius 2 is 2.05 bits per heavy atom. The predicted octanol–water partition coefficient (Wildman–Crippen LogP) is 3.65. The monoisotopic (exact) mass is 289 g/mol.